The molecule has 0 aliphatic carbocycles. The minimum Gasteiger partial charge on any atom is -0.491 e. The summed E-state index contributed by atoms with van der Waals surface area (Å²) in [6, 6.07) is 4.62. The Morgan fingerprint density at radius 1 is 1.04 bits per heavy atom. The number of piperazine rings is 1. The van der Waals surface area contributed by atoms with E-state index in [4.69, 9.17) is 9.47 Å². The molecule has 0 spiro atoms. The van der Waals surface area contributed by atoms with E-state index in [0.29, 0.717) is 16.8 Å². The van der Waals surface area contributed by atoms with E-state index < -0.39 is 6.10 Å². The van der Waals surface area contributed by atoms with Crippen LogP contribution in [0.3, 0.4) is 0 Å². The Labute approximate surface area is 168 Å². The molecule has 1 N–H and O–H groups in total. The summed E-state index contributed by atoms with van der Waals surface area (Å²) in [7, 11) is 0. The molecule has 27 heavy (non-hydrogen) atoms. The van der Waals surface area contributed by atoms with Gasteiger partial charge >= 0.3 is 0 Å². The minimum absolute atomic E-state index is 0.165. The van der Waals surface area contributed by atoms with Gasteiger partial charge in [0.15, 0.2) is 0 Å². The fraction of sp³-hybridized carbons (Fsp3) is 0.684. The largest absolute Gasteiger partial charge is 0.491 e. The third kappa shape index (κ3) is 6.96. The van der Waals surface area contributed by atoms with Gasteiger partial charge in [-0.3, -0.25) is 14.7 Å². The summed E-state index contributed by atoms with van der Waals surface area (Å²) in [4.78, 5) is 7.21. The molecule has 1 atom stereocenters. The second-order valence-electron chi connectivity index (χ2n) is 7.14. The van der Waals surface area contributed by atoms with Crippen LogP contribution in [0.5, 0.6) is 5.75 Å². The van der Waals surface area contributed by atoms with Crippen LogP contribution in [0.1, 0.15) is 0 Å². The molecular weight excluding hydrogens is 417 g/mol. The van der Waals surface area contributed by atoms with E-state index >= 15 is 0 Å². The number of halogens is 2. The maximum absolute atomic E-state index is 13.5. The smallest absolute Gasteiger partial charge is 0.141 e. The summed E-state index contributed by atoms with van der Waals surface area (Å²) >= 11 is 3.11. The molecule has 152 valence electrons. The molecule has 0 bridgehead atoms. The number of rotatable bonds is 8. The van der Waals surface area contributed by atoms with Gasteiger partial charge in [0.2, 0.25) is 0 Å². The number of hydrogen-bond acceptors (Lipinski definition) is 6. The third-order valence-electron chi connectivity index (χ3n) is 5.10. The van der Waals surface area contributed by atoms with Crippen LogP contribution in [-0.4, -0.2) is 105 Å². The number of β-amino-alcohol motifs (C(OH)–C–C–N with tert-alkyl or cyclic N) is 1. The van der Waals surface area contributed by atoms with Crippen LogP contribution in [0, 0.1) is 5.82 Å². The van der Waals surface area contributed by atoms with Gasteiger partial charge in [-0.05, 0) is 28.1 Å². The first-order valence-electron chi connectivity index (χ1n) is 9.61. The molecule has 8 heteroatoms. The molecule has 0 saturated carbocycles. The van der Waals surface area contributed by atoms with Crippen molar-refractivity contribution in [3.8, 4) is 5.75 Å². The van der Waals surface area contributed by atoms with Gasteiger partial charge < -0.3 is 14.6 Å². The van der Waals surface area contributed by atoms with Crippen LogP contribution in [0.2, 0.25) is 0 Å². The fourth-order valence-electron chi connectivity index (χ4n) is 3.41. The van der Waals surface area contributed by atoms with Gasteiger partial charge in [0.1, 0.15) is 24.3 Å². The molecule has 2 saturated heterocycles. The lowest BCUT2D eigenvalue weighted by molar-refractivity contribution is 0.0241. The Kier molecular flexibility index (Phi) is 8.29. The van der Waals surface area contributed by atoms with Crippen molar-refractivity contribution in [1.82, 2.24) is 14.7 Å². The van der Waals surface area contributed by atoms with Crippen LogP contribution in [0.4, 0.5) is 4.39 Å². The van der Waals surface area contributed by atoms with E-state index in [1.165, 1.54) is 6.07 Å². The standard InChI is InChI=1S/C19H29BrFN3O3/c20-18-2-1-17(13-19(18)21)27-15-16(25)14-24-7-5-22(6-8-24)3-4-23-9-11-26-12-10-23/h1-2,13,16,25H,3-12,14-15H2. The van der Waals surface area contributed by atoms with E-state index in [1.54, 1.807) is 12.1 Å². The molecule has 3 rings (SSSR count). The summed E-state index contributed by atoms with van der Waals surface area (Å²) < 4.78 is 24.8. The van der Waals surface area contributed by atoms with Crippen molar-refractivity contribution in [3.63, 3.8) is 0 Å². The number of ether oxygens (including phenoxy) is 2. The predicted molar refractivity (Wildman–Crippen MR) is 106 cm³/mol. The molecule has 1 aromatic carbocycles. The van der Waals surface area contributed by atoms with E-state index in [2.05, 4.69) is 30.6 Å². The SMILES string of the molecule is OC(COc1ccc(Br)c(F)c1)CN1CCN(CCN2CCOCC2)CC1. The summed E-state index contributed by atoms with van der Waals surface area (Å²) in [6.45, 7) is 10.7. The van der Waals surface area contributed by atoms with Gasteiger partial charge in [0.25, 0.3) is 0 Å². The fourth-order valence-corrected chi connectivity index (χ4v) is 3.66. The lowest BCUT2D eigenvalue weighted by Crippen LogP contribution is -2.51. The lowest BCUT2D eigenvalue weighted by atomic mass is 10.2. The van der Waals surface area contributed by atoms with Crippen molar-refractivity contribution in [1.29, 1.82) is 0 Å². The van der Waals surface area contributed by atoms with Crippen molar-refractivity contribution in [2.24, 2.45) is 0 Å². The van der Waals surface area contributed by atoms with Crippen LogP contribution < -0.4 is 4.74 Å². The van der Waals surface area contributed by atoms with Crippen LogP contribution in [0.25, 0.3) is 0 Å². The number of aliphatic hydroxyl groups excluding tert-OH is 1. The predicted octanol–water partition coefficient (Wildman–Crippen LogP) is 1.28. The molecule has 2 heterocycles. The monoisotopic (exact) mass is 445 g/mol. The topological polar surface area (TPSA) is 48.4 Å². The van der Waals surface area contributed by atoms with Gasteiger partial charge in [0.05, 0.1) is 17.7 Å². The average molecular weight is 446 g/mol. The normalized spacial score (nSPS) is 21.3. The highest BCUT2D eigenvalue weighted by atomic mass is 79.9. The van der Waals surface area contributed by atoms with Gasteiger partial charge in [-0.15, -0.1) is 0 Å². The Hall–Kier alpha value is -0.770. The zero-order valence-electron chi connectivity index (χ0n) is 15.7. The first-order chi connectivity index (χ1) is 13.1. The molecule has 2 fully saturated rings. The number of aliphatic hydroxyl groups is 1. The quantitative estimate of drug-likeness (QED) is 0.650. The molecule has 0 radical (unpaired) electrons. The first-order valence-corrected chi connectivity index (χ1v) is 10.4. The molecule has 1 unspecified atom stereocenters. The molecule has 2 aliphatic rings. The molecule has 2 aliphatic heterocycles. The van der Waals surface area contributed by atoms with Crippen LogP contribution in [-0.2, 0) is 4.74 Å². The molecular formula is C19H29BrFN3O3. The minimum atomic E-state index is -0.586. The number of benzene rings is 1. The van der Waals surface area contributed by atoms with Crippen LogP contribution >= 0.6 is 15.9 Å². The number of hydrogen-bond donors (Lipinski definition) is 1. The highest BCUT2D eigenvalue weighted by Crippen LogP contribution is 2.21. The highest BCUT2D eigenvalue weighted by molar-refractivity contribution is 9.10. The van der Waals surface area contributed by atoms with Crippen molar-refractivity contribution >= 4 is 15.9 Å². The van der Waals surface area contributed by atoms with Crippen molar-refractivity contribution in [2.75, 3.05) is 78.7 Å². The summed E-state index contributed by atoms with van der Waals surface area (Å²) in [5, 5.41) is 10.2. The highest BCUT2D eigenvalue weighted by Gasteiger charge is 2.20. The Balaban J connectivity index is 1.30. The Morgan fingerprint density at radius 3 is 2.33 bits per heavy atom. The maximum atomic E-state index is 13.5. The van der Waals surface area contributed by atoms with Crippen molar-refractivity contribution < 1.29 is 19.0 Å². The summed E-state index contributed by atoms with van der Waals surface area (Å²) in [6.07, 6.45) is -0.586. The van der Waals surface area contributed by atoms with Crippen molar-refractivity contribution in [3.05, 3.63) is 28.5 Å². The third-order valence-corrected chi connectivity index (χ3v) is 5.75. The molecule has 1 aromatic rings. The summed E-state index contributed by atoms with van der Waals surface area (Å²) in [5.74, 6) is 0.0675. The van der Waals surface area contributed by atoms with E-state index in [0.717, 1.165) is 65.6 Å². The lowest BCUT2D eigenvalue weighted by Gasteiger charge is -2.37. The van der Waals surface area contributed by atoms with Gasteiger partial charge in [-0.2, -0.15) is 0 Å². The van der Waals surface area contributed by atoms with E-state index in [-0.39, 0.29) is 12.4 Å². The molecule has 0 aromatic heterocycles. The van der Waals surface area contributed by atoms with Crippen LogP contribution in [0.15, 0.2) is 22.7 Å². The summed E-state index contributed by atoms with van der Waals surface area (Å²) in [5.41, 5.74) is 0. The van der Waals surface area contributed by atoms with Gasteiger partial charge in [-0.1, -0.05) is 0 Å². The first kappa shape index (κ1) is 21.0. The zero-order chi connectivity index (χ0) is 19.1. The second-order valence-corrected chi connectivity index (χ2v) is 7.99. The van der Waals surface area contributed by atoms with Gasteiger partial charge in [-0.25, -0.2) is 4.39 Å². The second kappa shape index (κ2) is 10.7. The van der Waals surface area contributed by atoms with Gasteiger partial charge in [0, 0.05) is 65.0 Å². The average Bonchev–Trinajstić information content (AvgIpc) is 2.69. The maximum Gasteiger partial charge on any atom is 0.141 e. The zero-order valence-corrected chi connectivity index (χ0v) is 17.2. The van der Waals surface area contributed by atoms with E-state index in [1.807, 2.05) is 0 Å². The van der Waals surface area contributed by atoms with E-state index in [9.17, 15) is 9.50 Å². The Morgan fingerprint density at radius 2 is 1.67 bits per heavy atom. The number of nitrogens with zero attached hydrogens (tertiary/aromatic N) is 3. The Bertz CT molecular complexity index is 581. The molecule has 0 amide bonds. The van der Waals surface area contributed by atoms with Crippen molar-refractivity contribution in [2.45, 2.75) is 6.10 Å². The molecule has 6 nitrogen and oxygen atoms in total. The number of morpholine rings is 1.